The van der Waals surface area contributed by atoms with Crippen molar-refractivity contribution in [3.05, 3.63) is 34.6 Å². The van der Waals surface area contributed by atoms with E-state index in [4.69, 9.17) is 11.6 Å². The van der Waals surface area contributed by atoms with Crippen LogP contribution in [-0.2, 0) is 7.05 Å². The van der Waals surface area contributed by atoms with Crippen LogP contribution < -0.4 is 5.32 Å². The van der Waals surface area contributed by atoms with E-state index in [1.54, 1.807) is 4.68 Å². The largest absolute Gasteiger partial charge is 0.339 e. The van der Waals surface area contributed by atoms with Crippen LogP contribution in [0.1, 0.15) is 25.8 Å². The Bertz CT molecular complexity index is 533. The summed E-state index contributed by atoms with van der Waals surface area (Å²) in [5, 5.41) is 8.21. The molecule has 18 heavy (non-hydrogen) atoms. The number of aliphatic imine (C=N–C) groups is 1. The Kier molecular flexibility index (Phi) is 3.87. The number of amidine groups is 1. The number of nitrogens with zero attached hydrogens (tertiary/aromatic N) is 3. The Balaban J connectivity index is 2.32. The highest BCUT2D eigenvalue weighted by Gasteiger charge is 2.19. The first kappa shape index (κ1) is 12.9. The predicted molar refractivity (Wildman–Crippen MR) is 75.5 cm³/mol. The number of aromatic nitrogens is 2. The van der Waals surface area contributed by atoms with Gasteiger partial charge in [0.25, 0.3) is 0 Å². The fourth-order valence-corrected chi connectivity index (χ4v) is 1.91. The Hall–Kier alpha value is -1.55. The molecule has 0 aliphatic carbocycles. The van der Waals surface area contributed by atoms with Crippen LogP contribution in [0.15, 0.2) is 34.1 Å². The summed E-state index contributed by atoms with van der Waals surface area (Å²) in [5.74, 6) is 0.850. The van der Waals surface area contributed by atoms with Gasteiger partial charge in [0.2, 0.25) is 0 Å². The lowest BCUT2D eigenvalue weighted by Crippen LogP contribution is -2.17. The van der Waals surface area contributed by atoms with E-state index in [1.165, 1.54) is 0 Å². The third-order valence-electron chi connectivity index (χ3n) is 2.68. The third-order valence-corrected chi connectivity index (χ3v) is 2.88. The maximum absolute atomic E-state index is 6.11. The molecule has 96 valence electrons. The van der Waals surface area contributed by atoms with Crippen molar-refractivity contribution in [2.75, 3.05) is 6.54 Å². The summed E-state index contributed by atoms with van der Waals surface area (Å²) in [6, 6.07) is 0. The molecule has 0 unspecified atom stereocenters. The van der Waals surface area contributed by atoms with Gasteiger partial charge in [-0.1, -0.05) is 18.5 Å². The van der Waals surface area contributed by atoms with Gasteiger partial charge >= 0.3 is 0 Å². The van der Waals surface area contributed by atoms with Gasteiger partial charge in [-0.05, 0) is 19.4 Å². The van der Waals surface area contributed by atoms with Gasteiger partial charge in [-0.2, -0.15) is 5.10 Å². The van der Waals surface area contributed by atoms with Crippen molar-refractivity contribution in [1.29, 1.82) is 0 Å². The molecule has 1 aliphatic rings. The van der Waals surface area contributed by atoms with Gasteiger partial charge in [0.05, 0.1) is 11.9 Å². The molecule has 1 aliphatic heterocycles. The van der Waals surface area contributed by atoms with E-state index in [0.717, 1.165) is 40.7 Å². The summed E-state index contributed by atoms with van der Waals surface area (Å²) in [6.07, 6.45) is 6.82. The first-order valence-electron chi connectivity index (χ1n) is 6.00. The second-order valence-electron chi connectivity index (χ2n) is 4.26. The average molecular weight is 265 g/mol. The SMILES string of the molecule is CCCN=C1NC(c2cnn(C)c2)=C/C1=C(/C)Cl. The molecule has 0 saturated heterocycles. The van der Waals surface area contributed by atoms with E-state index in [2.05, 4.69) is 22.3 Å². The number of aryl methyl sites for hydroxylation is 1. The Morgan fingerprint density at radius 3 is 2.89 bits per heavy atom. The molecule has 0 amide bonds. The van der Waals surface area contributed by atoms with Crippen LogP contribution in [0.5, 0.6) is 0 Å². The minimum Gasteiger partial charge on any atom is -0.339 e. The van der Waals surface area contributed by atoms with Crippen molar-refractivity contribution in [2.45, 2.75) is 20.3 Å². The highest BCUT2D eigenvalue weighted by Crippen LogP contribution is 2.24. The van der Waals surface area contributed by atoms with Gasteiger partial charge < -0.3 is 5.32 Å². The quantitative estimate of drug-likeness (QED) is 0.912. The molecule has 0 radical (unpaired) electrons. The van der Waals surface area contributed by atoms with Crippen LogP contribution in [0.3, 0.4) is 0 Å². The van der Waals surface area contributed by atoms with Crippen molar-refractivity contribution in [2.24, 2.45) is 12.0 Å². The molecule has 5 heteroatoms. The second kappa shape index (κ2) is 5.40. The number of hydrogen-bond acceptors (Lipinski definition) is 2. The fraction of sp³-hybridized carbons (Fsp3) is 0.385. The molecule has 2 heterocycles. The molecule has 0 saturated carbocycles. The van der Waals surface area contributed by atoms with E-state index in [9.17, 15) is 0 Å². The monoisotopic (exact) mass is 264 g/mol. The minimum absolute atomic E-state index is 0.747. The zero-order valence-corrected chi connectivity index (χ0v) is 11.6. The summed E-state index contributed by atoms with van der Waals surface area (Å²) in [6.45, 7) is 4.78. The van der Waals surface area contributed by atoms with Gasteiger partial charge in [0, 0.05) is 36.0 Å². The number of nitrogens with one attached hydrogen (secondary N) is 1. The van der Waals surface area contributed by atoms with Crippen molar-refractivity contribution >= 4 is 23.1 Å². The van der Waals surface area contributed by atoms with Crippen molar-refractivity contribution < 1.29 is 0 Å². The highest BCUT2D eigenvalue weighted by atomic mass is 35.5. The normalized spacial score (nSPS) is 20.0. The second-order valence-corrected chi connectivity index (χ2v) is 4.83. The first-order valence-corrected chi connectivity index (χ1v) is 6.38. The molecule has 1 aromatic rings. The lowest BCUT2D eigenvalue weighted by Gasteiger charge is -2.03. The van der Waals surface area contributed by atoms with Gasteiger partial charge in [0.15, 0.2) is 0 Å². The van der Waals surface area contributed by atoms with E-state index in [-0.39, 0.29) is 0 Å². The fourth-order valence-electron chi connectivity index (χ4n) is 1.77. The Morgan fingerprint density at radius 2 is 2.33 bits per heavy atom. The maximum atomic E-state index is 6.11. The van der Waals surface area contributed by atoms with Crippen LogP contribution >= 0.6 is 11.6 Å². The summed E-state index contributed by atoms with van der Waals surface area (Å²) in [4.78, 5) is 4.51. The van der Waals surface area contributed by atoms with Gasteiger partial charge in [0.1, 0.15) is 5.84 Å². The van der Waals surface area contributed by atoms with Crippen LogP contribution in [0, 0.1) is 0 Å². The van der Waals surface area contributed by atoms with Gasteiger partial charge in [-0.15, -0.1) is 0 Å². The number of halogens is 1. The topological polar surface area (TPSA) is 42.2 Å². The molecule has 2 rings (SSSR count). The van der Waals surface area contributed by atoms with Gasteiger partial charge in [-0.25, -0.2) is 0 Å². The zero-order chi connectivity index (χ0) is 13.1. The van der Waals surface area contributed by atoms with Crippen molar-refractivity contribution in [3.63, 3.8) is 0 Å². The van der Waals surface area contributed by atoms with E-state index in [0.29, 0.717) is 0 Å². The molecule has 0 fully saturated rings. The Labute approximate surface area is 112 Å². The number of hydrogen-bond donors (Lipinski definition) is 1. The Morgan fingerprint density at radius 1 is 1.56 bits per heavy atom. The van der Waals surface area contributed by atoms with Crippen LogP contribution in [-0.4, -0.2) is 22.2 Å². The zero-order valence-electron chi connectivity index (χ0n) is 10.9. The molecule has 0 atom stereocenters. The summed E-state index contributed by atoms with van der Waals surface area (Å²) in [5.41, 5.74) is 2.99. The molecule has 0 bridgehead atoms. The van der Waals surface area contributed by atoms with E-state index >= 15 is 0 Å². The molecule has 0 spiro atoms. The standard InChI is InChI=1S/C13H17ClN4/c1-4-5-15-13-11(9(2)14)6-12(17-13)10-7-16-18(3)8-10/h6-8H,4-5H2,1-3H3,(H,15,17)/b11-9+. The van der Waals surface area contributed by atoms with Crippen molar-refractivity contribution in [3.8, 4) is 0 Å². The van der Waals surface area contributed by atoms with Crippen LogP contribution in [0.25, 0.3) is 5.70 Å². The molecule has 1 N–H and O–H groups in total. The van der Waals surface area contributed by atoms with Crippen molar-refractivity contribution in [1.82, 2.24) is 15.1 Å². The average Bonchev–Trinajstić information content (AvgIpc) is 2.92. The molecular formula is C13H17ClN4. The summed E-state index contributed by atoms with van der Waals surface area (Å²) in [7, 11) is 1.90. The van der Waals surface area contributed by atoms with Crippen LogP contribution in [0.2, 0.25) is 0 Å². The summed E-state index contributed by atoms with van der Waals surface area (Å²) < 4.78 is 1.77. The van der Waals surface area contributed by atoms with E-state index < -0.39 is 0 Å². The number of allylic oxidation sites excluding steroid dienone is 1. The molecule has 4 nitrogen and oxygen atoms in total. The third kappa shape index (κ3) is 2.64. The smallest absolute Gasteiger partial charge is 0.133 e. The highest BCUT2D eigenvalue weighted by molar-refractivity contribution is 6.33. The predicted octanol–water partition coefficient (Wildman–Crippen LogP) is 2.69. The minimum atomic E-state index is 0.747. The summed E-state index contributed by atoms with van der Waals surface area (Å²) >= 11 is 6.11. The maximum Gasteiger partial charge on any atom is 0.133 e. The lowest BCUT2D eigenvalue weighted by molar-refractivity contribution is 0.767. The van der Waals surface area contributed by atoms with E-state index in [1.807, 2.05) is 32.4 Å². The molecular weight excluding hydrogens is 248 g/mol. The lowest BCUT2D eigenvalue weighted by atomic mass is 10.2. The van der Waals surface area contributed by atoms with Gasteiger partial charge in [-0.3, -0.25) is 9.67 Å². The molecule has 1 aromatic heterocycles. The first-order chi connectivity index (χ1) is 8.61. The van der Waals surface area contributed by atoms with Crippen LogP contribution in [0.4, 0.5) is 0 Å². The number of rotatable bonds is 3. The molecule has 0 aromatic carbocycles.